The van der Waals surface area contributed by atoms with E-state index < -0.39 is 0 Å². The summed E-state index contributed by atoms with van der Waals surface area (Å²) in [6, 6.07) is 0. The van der Waals surface area contributed by atoms with E-state index in [0.717, 1.165) is 10.9 Å². The summed E-state index contributed by atoms with van der Waals surface area (Å²) in [5.74, 6) is 1.05. The van der Waals surface area contributed by atoms with Gasteiger partial charge in [0.2, 0.25) is 5.16 Å². The van der Waals surface area contributed by atoms with Gasteiger partial charge in [0.25, 0.3) is 0 Å². The molecule has 0 amide bonds. The van der Waals surface area contributed by atoms with Crippen molar-refractivity contribution in [3.05, 3.63) is 0 Å². The Morgan fingerprint density at radius 1 is 1.05 bits per heavy atom. The molecule has 21 heavy (non-hydrogen) atoms. The van der Waals surface area contributed by atoms with Crippen molar-refractivity contribution in [1.82, 2.24) is 20.2 Å². The van der Waals surface area contributed by atoms with Crippen LogP contribution in [0.2, 0.25) is 0 Å². The number of nitrogens with zero attached hydrogens (tertiary/aromatic N) is 4. The smallest absolute Gasteiger partial charge is 0.209 e. The summed E-state index contributed by atoms with van der Waals surface area (Å²) < 4.78 is 12.1. The van der Waals surface area contributed by atoms with Gasteiger partial charge in [-0.05, 0) is 16.8 Å². The Kier molecular flexibility index (Phi) is 10.5. The van der Waals surface area contributed by atoms with E-state index in [2.05, 4.69) is 22.4 Å². The molecule has 0 unspecified atom stereocenters. The van der Waals surface area contributed by atoms with E-state index in [1.165, 1.54) is 44.9 Å². The lowest BCUT2D eigenvalue weighted by Crippen LogP contribution is -2.21. The fourth-order valence-corrected chi connectivity index (χ4v) is 2.91. The number of aromatic nitrogens is 4. The van der Waals surface area contributed by atoms with Gasteiger partial charge in [-0.25, -0.2) is 4.68 Å². The number of hydrogen-bond acceptors (Lipinski definition) is 6. The second-order valence-corrected chi connectivity index (χ2v) is 6.08. The highest BCUT2D eigenvalue weighted by Gasteiger charge is 2.12. The van der Waals surface area contributed by atoms with Crippen molar-refractivity contribution in [2.75, 3.05) is 20.0 Å². The van der Waals surface area contributed by atoms with Gasteiger partial charge in [0.1, 0.15) is 0 Å². The number of methoxy groups -OCH3 is 2. The van der Waals surface area contributed by atoms with Gasteiger partial charge in [-0.3, -0.25) is 0 Å². The molecule has 0 spiro atoms. The van der Waals surface area contributed by atoms with Crippen LogP contribution in [0, 0.1) is 0 Å². The maximum Gasteiger partial charge on any atom is 0.209 e. The van der Waals surface area contributed by atoms with Crippen LogP contribution in [0.5, 0.6) is 0 Å². The maximum absolute atomic E-state index is 5.17. The molecular formula is C14H28N4O2S. The van der Waals surface area contributed by atoms with Gasteiger partial charge in [-0.15, -0.1) is 5.10 Å². The van der Waals surface area contributed by atoms with E-state index in [-0.39, 0.29) is 6.29 Å². The molecule has 0 radical (unpaired) electrons. The van der Waals surface area contributed by atoms with Crippen LogP contribution in [-0.2, 0) is 16.0 Å². The molecule has 1 aromatic heterocycles. The van der Waals surface area contributed by atoms with Gasteiger partial charge >= 0.3 is 0 Å². The molecule has 0 aliphatic carbocycles. The van der Waals surface area contributed by atoms with E-state index >= 15 is 0 Å². The van der Waals surface area contributed by atoms with E-state index in [1.807, 2.05) is 0 Å². The second kappa shape index (κ2) is 11.9. The van der Waals surface area contributed by atoms with Gasteiger partial charge in [0.15, 0.2) is 6.29 Å². The molecule has 1 rings (SSSR count). The molecule has 0 fully saturated rings. The average Bonchev–Trinajstić information content (AvgIpc) is 2.94. The second-order valence-electron chi connectivity index (χ2n) is 5.01. The average molecular weight is 316 g/mol. The zero-order chi connectivity index (χ0) is 15.3. The summed E-state index contributed by atoms with van der Waals surface area (Å²) in [6.45, 7) is 2.76. The topological polar surface area (TPSA) is 62.1 Å². The molecule has 122 valence electrons. The van der Waals surface area contributed by atoms with Crippen molar-refractivity contribution in [3.8, 4) is 0 Å². The molecule has 0 bridgehead atoms. The normalized spacial score (nSPS) is 11.4. The minimum atomic E-state index is -0.314. The lowest BCUT2D eigenvalue weighted by Gasteiger charge is -2.13. The summed E-state index contributed by atoms with van der Waals surface area (Å²) >= 11 is 1.70. The molecule has 1 aromatic rings. The summed E-state index contributed by atoms with van der Waals surface area (Å²) in [6.07, 6.45) is 8.93. The third-order valence-corrected chi connectivity index (χ3v) is 4.37. The number of ether oxygens (including phenoxy) is 2. The van der Waals surface area contributed by atoms with Crippen molar-refractivity contribution in [1.29, 1.82) is 0 Å². The summed E-state index contributed by atoms with van der Waals surface area (Å²) in [5.41, 5.74) is 0. The first-order valence-corrected chi connectivity index (χ1v) is 8.75. The third-order valence-electron chi connectivity index (χ3n) is 3.33. The highest BCUT2D eigenvalue weighted by atomic mass is 32.2. The Balaban J connectivity index is 2.16. The van der Waals surface area contributed by atoms with Crippen LogP contribution in [0.25, 0.3) is 0 Å². The van der Waals surface area contributed by atoms with Crippen LogP contribution >= 0.6 is 11.8 Å². The van der Waals surface area contributed by atoms with Crippen LogP contribution in [0.1, 0.15) is 51.9 Å². The molecule has 0 aliphatic heterocycles. The zero-order valence-electron chi connectivity index (χ0n) is 13.5. The molecule has 0 saturated carbocycles. The van der Waals surface area contributed by atoms with Crippen LogP contribution in [0.3, 0.4) is 0 Å². The number of thioether (sulfide) groups is 1. The minimum absolute atomic E-state index is 0.314. The molecule has 0 N–H and O–H groups in total. The van der Waals surface area contributed by atoms with Crippen molar-refractivity contribution in [2.24, 2.45) is 0 Å². The number of rotatable bonds is 13. The number of tetrazole rings is 1. The Morgan fingerprint density at radius 3 is 2.38 bits per heavy atom. The maximum atomic E-state index is 5.17. The lowest BCUT2D eigenvalue weighted by atomic mass is 10.1. The van der Waals surface area contributed by atoms with Crippen LogP contribution < -0.4 is 0 Å². The predicted molar refractivity (Wildman–Crippen MR) is 84.3 cm³/mol. The van der Waals surface area contributed by atoms with Crippen molar-refractivity contribution < 1.29 is 9.47 Å². The summed E-state index contributed by atoms with van der Waals surface area (Å²) in [5, 5.41) is 12.6. The standard InChI is InChI=1S/C14H28N4O2S/c1-4-5-6-7-8-9-10-11-21-14-15-16-17-18(14)12-13(19-2)20-3/h13H,4-12H2,1-3H3. The number of unbranched alkanes of at least 4 members (excludes halogenated alkanes) is 6. The largest absolute Gasteiger partial charge is 0.354 e. The molecule has 1 heterocycles. The Morgan fingerprint density at radius 2 is 1.71 bits per heavy atom. The SMILES string of the molecule is CCCCCCCCCSc1nnnn1CC(OC)OC. The van der Waals surface area contributed by atoms with Gasteiger partial charge in [0, 0.05) is 20.0 Å². The van der Waals surface area contributed by atoms with Gasteiger partial charge in [-0.2, -0.15) is 0 Å². The summed E-state index contributed by atoms with van der Waals surface area (Å²) in [4.78, 5) is 0. The van der Waals surface area contributed by atoms with Crippen LogP contribution in [0.15, 0.2) is 5.16 Å². The van der Waals surface area contributed by atoms with Crippen LogP contribution in [0.4, 0.5) is 0 Å². The van der Waals surface area contributed by atoms with E-state index in [1.54, 1.807) is 30.7 Å². The molecule has 6 nitrogen and oxygen atoms in total. The Bertz CT molecular complexity index is 358. The molecule has 0 aromatic carbocycles. The first-order chi connectivity index (χ1) is 10.3. The summed E-state index contributed by atoms with van der Waals surface area (Å²) in [7, 11) is 3.23. The predicted octanol–water partition coefficient (Wildman–Crippen LogP) is 3.13. The van der Waals surface area contributed by atoms with E-state index in [4.69, 9.17) is 9.47 Å². The molecular weight excluding hydrogens is 288 g/mol. The van der Waals surface area contributed by atoms with Crippen LogP contribution in [-0.4, -0.2) is 46.5 Å². The molecule has 0 atom stereocenters. The fraction of sp³-hybridized carbons (Fsp3) is 0.929. The monoisotopic (exact) mass is 316 g/mol. The zero-order valence-corrected chi connectivity index (χ0v) is 14.3. The highest BCUT2D eigenvalue weighted by Crippen LogP contribution is 2.17. The van der Waals surface area contributed by atoms with E-state index in [0.29, 0.717) is 6.54 Å². The first-order valence-electron chi connectivity index (χ1n) is 7.76. The van der Waals surface area contributed by atoms with Crippen molar-refractivity contribution in [2.45, 2.75) is 69.9 Å². The Hall–Kier alpha value is -0.660. The van der Waals surface area contributed by atoms with Gasteiger partial charge in [0.05, 0.1) is 6.54 Å². The molecule has 0 aliphatic rings. The lowest BCUT2D eigenvalue weighted by molar-refractivity contribution is -0.113. The third kappa shape index (κ3) is 7.78. The van der Waals surface area contributed by atoms with Crippen molar-refractivity contribution >= 4 is 11.8 Å². The number of hydrogen-bond donors (Lipinski definition) is 0. The first kappa shape index (κ1) is 18.4. The Labute approximate surface area is 132 Å². The quantitative estimate of drug-likeness (QED) is 0.316. The fourth-order valence-electron chi connectivity index (χ4n) is 2.02. The van der Waals surface area contributed by atoms with Gasteiger partial charge in [-0.1, -0.05) is 57.2 Å². The van der Waals surface area contributed by atoms with E-state index in [9.17, 15) is 0 Å². The molecule has 7 heteroatoms. The highest BCUT2D eigenvalue weighted by molar-refractivity contribution is 7.99. The molecule has 0 saturated heterocycles. The van der Waals surface area contributed by atoms with Crippen molar-refractivity contribution in [3.63, 3.8) is 0 Å². The van der Waals surface area contributed by atoms with Gasteiger partial charge < -0.3 is 9.47 Å². The minimum Gasteiger partial charge on any atom is -0.354 e.